The van der Waals surface area contributed by atoms with Crippen molar-refractivity contribution in [3.8, 4) is 0 Å². The van der Waals surface area contributed by atoms with E-state index in [0.717, 1.165) is 24.4 Å². The predicted octanol–water partition coefficient (Wildman–Crippen LogP) is 3.78. The van der Waals surface area contributed by atoms with Gasteiger partial charge >= 0.3 is 0 Å². The number of benzene rings is 1. The van der Waals surface area contributed by atoms with E-state index in [1.807, 2.05) is 11.9 Å². The third kappa shape index (κ3) is 3.79. The second-order valence-corrected chi connectivity index (χ2v) is 7.66. The summed E-state index contributed by atoms with van der Waals surface area (Å²) in [5.41, 5.74) is 9.75. The molecule has 0 saturated heterocycles. The van der Waals surface area contributed by atoms with Gasteiger partial charge in [0, 0.05) is 36.7 Å². The van der Waals surface area contributed by atoms with E-state index in [1.54, 1.807) is 18.6 Å². The van der Waals surface area contributed by atoms with Crippen LogP contribution in [0.2, 0.25) is 0 Å². The monoisotopic (exact) mass is 403 g/mol. The zero-order valence-corrected chi connectivity index (χ0v) is 18.1. The molecular weight excluding hydrogens is 374 g/mol. The van der Waals surface area contributed by atoms with E-state index in [1.165, 1.54) is 29.7 Å². The van der Waals surface area contributed by atoms with Gasteiger partial charge < -0.3 is 4.90 Å². The van der Waals surface area contributed by atoms with Gasteiger partial charge in [-0.2, -0.15) is 10.2 Å². The average Bonchev–Trinajstić information content (AvgIpc) is 3.30. The Balaban J connectivity index is 1.57. The molecule has 0 aliphatic carbocycles. The van der Waals surface area contributed by atoms with E-state index in [9.17, 15) is 0 Å². The molecule has 2 aromatic rings. The van der Waals surface area contributed by atoms with Crippen LogP contribution in [0.25, 0.3) is 6.08 Å². The van der Waals surface area contributed by atoms with Crippen LogP contribution in [-0.4, -0.2) is 45.8 Å². The van der Waals surface area contributed by atoms with Crippen LogP contribution < -0.4 is 10.3 Å². The standard InChI is InChI=1S/C23H29N7/c1-5-7-12-29(6-2)19-9-8-18(16(3)13-19)14-20-17(4)28-30-22(20)26-27-23(30)21-15-24-10-11-25-21/h8-11,13-15,22,26H,5-7,12H2,1-4H3. The number of hydrogen-bond acceptors (Lipinski definition) is 7. The first-order valence-electron chi connectivity index (χ1n) is 10.6. The summed E-state index contributed by atoms with van der Waals surface area (Å²) >= 11 is 0. The Labute approximate surface area is 178 Å². The predicted molar refractivity (Wildman–Crippen MR) is 122 cm³/mol. The van der Waals surface area contributed by atoms with Crippen LogP contribution in [0.4, 0.5) is 5.69 Å². The quantitative estimate of drug-likeness (QED) is 0.762. The molecule has 1 aromatic carbocycles. The van der Waals surface area contributed by atoms with Crippen LogP contribution in [0.5, 0.6) is 0 Å². The molecule has 0 spiro atoms. The summed E-state index contributed by atoms with van der Waals surface area (Å²) in [7, 11) is 0. The molecule has 1 N–H and O–H groups in total. The SMILES string of the molecule is CCCCN(CC)c1ccc(C=C2C(C)=NN3C(c4cnccn4)=NNC23)c(C)c1. The van der Waals surface area contributed by atoms with Gasteiger partial charge in [0.1, 0.15) is 5.69 Å². The number of unbranched alkanes of at least 4 members (excludes halogenated alkanes) is 1. The van der Waals surface area contributed by atoms with Crippen molar-refractivity contribution in [1.82, 2.24) is 20.4 Å². The molecule has 3 heterocycles. The van der Waals surface area contributed by atoms with Crippen molar-refractivity contribution in [3.05, 3.63) is 59.2 Å². The van der Waals surface area contributed by atoms with E-state index in [2.05, 4.69) is 70.4 Å². The van der Waals surface area contributed by atoms with Crippen molar-refractivity contribution in [3.63, 3.8) is 0 Å². The van der Waals surface area contributed by atoms with Gasteiger partial charge in [0.25, 0.3) is 0 Å². The van der Waals surface area contributed by atoms with Crippen LogP contribution in [-0.2, 0) is 0 Å². The minimum absolute atomic E-state index is 0.113. The van der Waals surface area contributed by atoms with Crippen LogP contribution in [0.3, 0.4) is 0 Å². The number of aryl methyl sites for hydroxylation is 1. The number of fused-ring (bicyclic) bond motifs is 1. The average molecular weight is 404 g/mol. The van der Waals surface area contributed by atoms with Crippen LogP contribution in [0.15, 0.2) is 52.6 Å². The molecule has 1 unspecified atom stereocenters. The van der Waals surface area contributed by atoms with Crippen molar-refractivity contribution in [2.75, 3.05) is 18.0 Å². The molecule has 2 aliphatic heterocycles. The number of hydrazone groups is 2. The molecule has 0 amide bonds. The summed E-state index contributed by atoms with van der Waals surface area (Å²) in [6.07, 6.45) is 9.55. The maximum atomic E-state index is 4.72. The number of nitrogens with one attached hydrogen (secondary N) is 1. The van der Waals surface area contributed by atoms with Crippen LogP contribution in [0, 0.1) is 6.92 Å². The highest BCUT2D eigenvalue weighted by molar-refractivity contribution is 6.09. The molecule has 0 fully saturated rings. The molecule has 0 saturated carbocycles. The van der Waals surface area contributed by atoms with Crippen molar-refractivity contribution < 1.29 is 0 Å². The maximum absolute atomic E-state index is 4.72. The molecule has 7 heteroatoms. The highest BCUT2D eigenvalue weighted by Crippen LogP contribution is 2.29. The Morgan fingerprint density at radius 2 is 2.07 bits per heavy atom. The highest BCUT2D eigenvalue weighted by atomic mass is 15.7. The zero-order chi connectivity index (χ0) is 21.1. The van der Waals surface area contributed by atoms with E-state index in [4.69, 9.17) is 5.10 Å². The van der Waals surface area contributed by atoms with Gasteiger partial charge in [0.2, 0.25) is 0 Å². The summed E-state index contributed by atoms with van der Waals surface area (Å²) < 4.78 is 0. The lowest BCUT2D eigenvalue weighted by molar-refractivity contribution is 0.384. The molecule has 1 atom stereocenters. The molecule has 0 radical (unpaired) electrons. The smallest absolute Gasteiger partial charge is 0.198 e. The van der Waals surface area contributed by atoms with E-state index in [0.29, 0.717) is 11.5 Å². The second-order valence-electron chi connectivity index (χ2n) is 7.66. The van der Waals surface area contributed by atoms with Crippen molar-refractivity contribution in [1.29, 1.82) is 0 Å². The van der Waals surface area contributed by atoms with E-state index in [-0.39, 0.29) is 6.17 Å². The number of nitrogens with zero attached hydrogens (tertiary/aromatic N) is 6. The Hall–Kier alpha value is -3.22. The first kappa shape index (κ1) is 20.1. The van der Waals surface area contributed by atoms with Crippen molar-refractivity contribution in [2.45, 2.75) is 46.7 Å². The molecule has 2 aliphatic rings. The van der Waals surface area contributed by atoms with Crippen LogP contribution >= 0.6 is 0 Å². The van der Waals surface area contributed by atoms with Gasteiger partial charge in [-0.05, 0) is 56.5 Å². The highest BCUT2D eigenvalue weighted by Gasteiger charge is 2.38. The third-order valence-electron chi connectivity index (χ3n) is 5.61. The zero-order valence-electron chi connectivity index (χ0n) is 18.1. The second kappa shape index (κ2) is 8.65. The minimum Gasteiger partial charge on any atom is -0.372 e. The Morgan fingerprint density at radius 1 is 1.20 bits per heavy atom. The molecule has 156 valence electrons. The number of rotatable bonds is 7. The third-order valence-corrected chi connectivity index (χ3v) is 5.61. The summed E-state index contributed by atoms with van der Waals surface area (Å²) in [6.45, 7) is 10.8. The molecule has 4 rings (SSSR count). The molecule has 7 nitrogen and oxygen atoms in total. The number of amidine groups is 1. The molecule has 30 heavy (non-hydrogen) atoms. The summed E-state index contributed by atoms with van der Waals surface area (Å²) in [6, 6.07) is 6.72. The van der Waals surface area contributed by atoms with Crippen molar-refractivity contribution in [2.24, 2.45) is 10.2 Å². The largest absolute Gasteiger partial charge is 0.372 e. The molecule has 0 bridgehead atoms. The lowest BCUT2D eigenvalue weighted by Gasteiger charge is -2.24. The van der Waals surface area contributed by atoms with Crippen LogP contribution in [0.1, 0.15) is 50.4 Å². The normalized spacial score (nSPS) is 18.9. The topological polar surface area (TPSA) is 69.0 Å². The lowest BCUT2D eigenvalue weighted by atomic mass is 10.0. The van der Waals surface area contributed by atoms with Gasteiger partial charge in [0.05, 0.1) is 11.9 Å². The Morgan fingerprint density at radius 3 is 2.77 bits per heavy atom. The fraction of sp³-hybridized carbons (Fsp3) is 0.391. The fourth-order valence-corrected chi connectivity index (χ4v) is 3.85. The number of aromatic nitrogens is 2. The summed E-state index contributed by atoms with van der Waals surface area (Å²) in [4.78, 5) is 10.9. The van der Waals surface area contributed by atoms with Gasteiger partial charge in [-0.3, -0.25) is 10.4 Å². The van der Waals surface area contributed by atoms with Gasteiger partial charge in [0.15, 0.2) is 12.0 Å². The minimum atomic E-state index is -0.113. The first-order valence-corrected chi connectivity index (χ1v) is 10.6. The maximum Gasteiger partial charge on any atom is 0.198 e. The fourth-order valence-electron chi connectivity index (χ4n) is 3.85. The lowest BCUT2D eigenvalue weighted by Crippen LogP contribution is -2.34. The Kier molecular flexibility index (Phi) is 5.79. The molecular formula is C23H29N7. The summed E-state index contributed by atoms with van der Waals surface area (Å²) in [5, 5.41) is 11.1. The molecule has 1 aromatic heterocycles. The van der Waals surface area contributed by atoms with Gasteiger partial charge in [-0.25, -0.2) is 9.99 Å². The van der Waals surface area contributed by atoms with E-state index < -0.39 is 0 Å². The first-order chi connectivity index (χ1) is 14.6. The van der Waals surface area contributed by atoms with E-state index >= 15 is 0 Å². The van der Waals surface area contributed by atoms with Crippen molar-refractivity contribution >= 4 is 23.3 Å². The number of anilines is 1. The number of hydrogen-bond donors (Lipinski definition) is 1. The van der Waals surface area contributed by atoms with Gasteiger partial charge in [-0.15, -0.1) is 0 Å². The summed E-state index contributed by atoms with van der Waals surface area (Å²) in [5.74, 6) is 0.692. The Bertz CT molecular complexity index is 994. The van der Waals surface area contributed by atoms with Gasteiger partial charge in [-0.1, -0.05) is 19.4 Å².